The van der Waals surface area contributed by atoms with Crippen LogP contribution in [0, 0.1) is 0 Å². The smallest absolute Gasteiger partial charge is 0.240 e. The summed E-state index contributed by atoms with van der Waals surface area (Å²) in [6.07, 6.45) is 3.17. The number of nitrogens with zero attached hydrogens (tertiary/aromatic N) is 1. The summed E-state index contributed by atoms with van der Waals surface area (Å²) < 4.78 is 6.56. The van der Waals surface area contributed by atoms with Gasteiger partial charge >= 0.3 is 0 Å². The molecule has 1 rings (SSSR count). The second kappa shape index (κ2) is 6.07. The predicted octanol–water partition coefficient (Wildman–Crippen LogP) is -0.000600. The van der Waals surface area contributed by atoms with Gasteiger partial charge in [0, 0.05) is 37.7 Å². The molecule has 0 radical (unpaired) electrons. The maximum Gasteiger partial charge on any atom is 0.240 e. The van der Waals surface area contributed by atoms with Gasteiger partial charge in [0.05, 0.1) is 6.61 Å². The number of nitrogens with one attached hydrogen (secondary N) is 1. The Bertz CT molecular complexity index is 380. The fourth-order valence-electron chi connectivity index (χ4n) is 1.33. The Balaban J connectivity index is 2.45. The first-order chi connectivity index (χ1) is 7.61. The van der Waals surface area contributed by atoms with Crippen molar-refractivity contribution in [2.45, 2.75) is 19.5 Å². The van der Waals surface area contributed by atoms with Gasteiger partial charge in [-0.05, 0) is 6.92 Å². The van der Waals surface area contributed by atoms with Crippen LogP contribution in [-0.2, 0) is 16.1 Å². The number of hydrogen-bond acceptors (Lipinski definition) is 3. The molecule has 1 heterocycles. The van der Waals surface area contributed by atoms with Crippen LogP contribution in [0.3, 0.4) is 0 Å². The summed E-state index contributed by atoms with van der Waals surface area (Å²) >= 11 is 0. The monoisotopic (exact) mass is 224 g/mol. The van der Waals surface area contributed by atoms with Crippen molar-refractivity contribution in [2.75, 3.05) is 13.7 Å². The maximum absolute atomic E-state index is 11.5. The van der Waals surface area contributed by atoms with E-state index in [0.29, 0.717) is 6.61 Å². The number of rotatable bonds is 5. The molecule has 1 aromatic rings. The number of carbonyl (C=O) groups is 1. The summed E-state index contributed by atoms with van der Waals surface area (Å²) in [6.45, 7) is 2.55. The molecule has 1 amide bonds. The standard InChI is InChI=1S/C11H16N2O3/c1-9(8-16-2)12-11(15)7-13-5-3-10(14)4-6-13/h3-6,9H,7-8H2,1-2H3,(H,12,15). The van der Waals surface area contributed by atoms with Crippen LogP contribution >= 0.6 is 0 Å². The van der Waals surface area contributed by atoms with Gasteiger partial charge in [0.25, 0.3) is 0 Å². The number of aromatic nitrogens is 1. The zero-order valence-corrected chi connectivity index (χ0v) is 9.47. The molecule has 0 aromatic carbocycles. The summed E-state index contributed by atoms with van der Waals surface area (Å²) in [7, 11) is 1.59. The zero-order chi connectivity index (χ0) is 12.0. The van der Waals surface area contributed by atoms with Crippen LogP contribution in [0.15, 0.2) is 29.3 Å². The number of hydrogen-bond donors (Lipinski definition) is 1. The van der Waals surface area contributed by atoms with Gasteiger partial charge in [-0.15, -0.1) is 0 Å². The maximum atomic E-state index is 11.5. The van der Waals surface area contributed by atoms with Crippen LogP contribution in [0.5, 0.6) is 0 Å². The second-order valence-electron chi connectivity index (χ2n) is 3.63. The van der Waals surface area contributed by atoms with Crippen LogP contribution in [0.4, 0.5) is 0 Å². The third kappa shape index (κ3) is 4.27. The van der Waals surface area contributed by atoms with Crippen molar-refractivity contribution in [2.24, 2.45) is 0 Å². The van der Waals surface area contributed by atoms with Gasteiger partial charge in [-0.1, -0.05) is 0 Å². The van der Waals surface area contributed by atoms with Crippen molar-refractivity contribution in [1.29, 1.82) is 0 Å². The van der Waals surface area contributed by atoms with E-state index in [9.17, 15) is 9.59 Å². The van der Waals surface area contributed by atoms with Crippen molar-refractivity contribution >= 4 is 5.91 Å². The lowest BCUT2D eigenvalue weighted by Crippen LogP contribution is -2.37. The Morgan fingerprint density at radius 1 is 1.50 bits per heavy atom. The number of amides is 1. The Morgan fingerprint density at radius 2 is 2.12 bits per heavy atom. The van der Waals surface area contributed by atoms with Crippen molar-refractivity contribution in [3.05, 3.63) is 34.7 Å². The van der Waals surface area contributed by atoms with E-state index in [1.54, 1.807) is 24.1 Å². The highest BCUT2D eigenvalue weighted by molar-refractivity contribution is 5.76. The molecule has 0 spiro atoms. The Hall–Kier alpha value is -1.62. The second-order valence-corrected chi connectivity index (χ2v) is 3.63. The number of carbonyl (C=O) groups excluding carboxylic acids is 1. The van der Waals surface area contributed by atoms with E-state index in [4.69, 9.17) is 4.74 Å². The van der Waals surface area contributed by atoms with Crippen molar-refractivity contribution in [1.82, 2.24) is 9.88 Å². The SMILES string of the molecule is COCC(C)NC(=O)Cn1ccc(=O)cc1. The summed E-state index contributed by atoms with van der Waals surface area (Å²) in [6, 6.07) is 2.83. The molecule has 1 N–H and O–H groups in total. The van der Waals surface area contributed by atoms with Crippen LogP contribution in [-0.4, -0.2) is 30.2 Å². The summed E-state index contributed by atoms with van der Waals surface area (Å²) in [5, 5.41) is 2.78. The van der Waals surface area contributed by atoms with Gasteiger partial charge in [0.15, 0.2) is 5.43 Å². The number of methoxy groups -OCH3 is 1. The van der Waals surface area contributed by atoms with Crippen LogP contribution in [0.1, 0.15) is 6.92 Å². The lowest BCUT2D eigenvalue weighted by Gasteiger charge is -2.13. The molecule has 0 aliphatic heterocycles. The third-order valence-corrected chi connectivity index (χ3v) is 2.01. The van der Waals surface area contributed by atoms with E-state index in [-0.39, 0.29) is 23.9 Å². The first kappa shape index (κ1) is 12.4. The third-order valence-electron chi connectivity index (χ3n) is 2.01. The lowest BCUT2D eigenvalue weighted by molar-refractivity contribution is -0.122. The Kier molecular flexibility index (Phi) is 4.72. The molecule has 0 fully saturated rings. The molecule has 0 bridgehead atoms. The van der Waals surface area contributed by atoms with E-state index >= 15 is 0 Å². The fourth-order valence-corrected chi connectivity index (χ4v) is 1.33. The van der Waals surface area contributed by atoms with E-state index in [2.05, 4.69) is 5.32 Å². The fraction of sp³-hybridized carbons (Fsp3) is 0.455. The molecule has 0 aliphatic rings. The van der Waals surface area contributed by atoms with Gasteiger partial charge in [0.2, 0.25) is 5.91 Å². The molecule has 1 unspecified atom stereocenters. The van der Waals surface area contributed by atoms with Crippen LogP contribution in [0.2, 0.25) is 0 Å². The molecule has 88 valence electrons. The number of ether oxygens (including phenoxy) is 1. The summed E-state index contributed by atoms with van der Waals surface area (Å²) in [4.78, 5) is 22.4. The molecule has 0 saturated carbocycles. The highest BCUT2D eigenvalue weighted by Crippen LogP contribution is 1.87. The Labute approximate surface area is 94.0 Å². The van der Waals surface area contributed by atoms with Gasteiger partial charge < -0.3 is 14.6 Å². The van der Waals surface area contributed by atoms with Crippen molar-refractivity contribution < 1.29 is 9.53 Å². The normalized spacial score (nSPS) is 12.1. The predicted molar refractivity (Wildman–Crippen MR) is 60.2 cm³/mol. The highest BCUT2D eigenvalue weighted by Gasteiger charge is 2.06. The van der Waals surface area contributed by atoms with Crippen LogP contribution in [0.25, 0.3) is 0 Å². The molecule has 1 atom stereocenters. The molecule has 5 heteroatoms. The van der Waals surface area contributed by atoms with Crippen LogP contribution < -0.4 is 10.7 Å². The number of pyridine rings is 1. The van der Waals surface area contributed by atoms with E-state index < -0.39 is 0 Å². The average molecular weight is 224 g/mol. The largest absolute Gasteiger partial charge is 0.383 e. The minimum absolute atomic E-state index is 0.0168. The van der Waals surface area contributed by atoms with E-state index in [1.807, 2.05) is 6.92 Å². The van der Waals surface area contributed by atoms with Crippen molar-refractivity contribution in [3.63, 3.8) is 0 Å². The first-order valence-electron chi connectivity index (χ1n) is 5.06. The van der Waals surface area contributed by atoms with Gasteiger partial charge in [0.1, 0.15) is 6.54 Å². The molecular formula is C11H16N2O3. The molecule has 0 aliphatic carbocycles. The first-order valence-corrected chi connectivity index (χ1v) is 5.06. The van der Waals surface area contributed by atoms with Gasteiger partial charge in [-0.2, -0.15) is 0 Å². The van der Waals surface area contributed by atoms with E-state index in [0.717, 1.165) is 0 Å². The highest BCUT2D eigenvalue weighted by atomic mass is 16.5. The minimum atomic E-state index is -0.104. The average Bonchev–Trinajstić information content (AvgIpc) is 2.21. The molecule has 0 saturated heterocycles. The molecule has 1 aromatic heterocycles. The molecule has 5 nitrogen and oxygen atoms in total. The zero-order valence-electron chi connectivity index (χ0n) is 9.47. The summed E-state index contributed by atoms with van der Waals surface area (Å²) in [5.41, 5.74) is -0.0654. The van der Waals surface area contributed by atoms with Crippen molar-refractivity contribution in [3.8, 4) is 0 Å². The molecular weight excluding hydrogens is 208 g/mol. The quantitative estimate of drug-likeness (QED) is 0.765. The Morgan fingerprint density at radius 3 is 2.69 bits per heavy atom. The lowest BCUT2D eigenvalue weighted by atomic mass is 10.3. The van der Waals surface area contributed by atoms with E-state index in [1.165, 1.54) is 12.1 Å². The topological polar surface area (TPSA) is 60.3 Å². The molecule has 16 heavy (non-hydrogen) atoms. The minimum Gasteiger partial charge on any atom is -0.383 e. The van der Waals surface area contributed by atoms with Gasteiger partial charge in [-0.3, -0.25) is 9.59 Å². The summed E-state index contributed by atoms with van der Waals surface area (Å²) in [5.74, 6) is -0.104. The van der Waals surface area contributed by atoms with Gasteiger partial charge in [-0.25, -0.2) is 0 Å².